The Hall–Kier alpha value is -2.29. The summed E-state index contributed by atoms with van der Waals surface area (Å²) in [5.74, 6) is -0.760. The fourth-order valence-corrected chi connectivity index (χ4v) is 1.88. The van der Waals surface area contributed by atoms with Crippen molar-refractivity contribution in [2.45, 2.75) is 32.5 Å². The van der Waals surface area contributed by atoms with Crippen LogP contribution in [0, 0.1) is 5.92 Å². The molecule has 3 amide bonds. The lowest BCUT2D eigenvalue weighted by Crippen LogP contribution is -2.48. The van der Waals surface area contributed by atoms with Gasteiger partial charge in [0.05, 0.1) is 5.56 Å². The Bertz CT molecular complexity index is 562. The third-order valence-corrected chi connectivity index (χ3v) is 2.89. The fraction of sp³-hybridized carbons (Fsp3) is 0.429. The molecule has 1 aromatic rings. The summed E-state index contributed by atoms with van der Waals surface area (Å²) in [5.41, 5.74) is 0.473. The van der Waals surface area contributed by atoms with E-state index in [2.05, 4.69) is 10.6 Å². The monoisotopic (exact) mass is 333 g/mol. The zero-order valence-electron chi connectivity index (χ0n) is 12.6. The van der Waals surface area contributed by atoms with Crippen LogP contribution in [0.15, 0.2) is 24.3 Å². The topological polar surface area (TPSA) is 90.5 Å². The van der Waals surface area contributed by atoms with Crippen LogP contribution in [0.3, 0.4) is 0 Å². The second kappa shape index (κ2) is 7.82. The van der Waals surface area contributed by atoms with Crippen molar-refractivity contribution >= 4 is 17.6 Å². The Morgan fingerprint density at radius 2 is 1.91 bits per heavy atom. The van der Waals surface area contributed by atoms with Crippen LogP contribution < -0.4 is 16.1 Å². The van der Waals surface area contributed by atoms with E-state index in [9.17, 15) is 22.8 Å². The maximum Gasteiger partial charge on any atom is 0.416 e. The third kappa shape index (κ3) is 6.15. The number of urea groups is 1. The van der Waals surface area contributed by atoms with Crippen LogP contribution in [0.1, 0.15) is 25.8 Å². The molecular formula is C14H18F3N3O3. The number of benzene rings is 1. The number of carbonyl (C=O) groups excluding carboxylic acids is 2. The standard InChI is InChI=1S/C14H18F3N3O3/c1-8(2)6-11(12(21)20-23)19-13(22)18-10-5-3-4-9(7-10)14(15,16)17/h3-5,7-8,11,23H,6H2,1-2H3,(H,20,21)(H2,18,19,22)/t11-/m0/s1. The molecule has 23 heavy (non-hydrogen) atoms. The van der Waals surface area contributed by atoms with E-state index in [-0.39, 0.29) is 18.0 Å². The summed E-state index contributed by atoms with van der Waals surface area (Å²) in [7, 11) is 0. The van der Waals surface area contributed by atoms with Crippen molar-refractivity contribution in [3.05, 3.63) is 29.8 Å². The van der Waals surface area contributed by atoms with Crippen molar-refractivity contribution in [2.75, 3.05) is 5.32 Å². The molecule has 1 rings (SSSR count). The highest BCUT2D eigenvalue weighted by Gasteiger charge is 2.30. The summed E-state index contributed by atoms with van der Waals surface area (Å²) in [4.78, 5) is 23.3. The van der Waals surface area contributed by atoms with E-state index in [1.807, 2.05) is 13.8 Å². The van der Waals surface area contributed by atoms with Gasteiger partial charge >= 0.3 is 12.2 Å². The van der Waals surface area contributed by atoms with E-state index in [1.54, 1.807) is 0 Å². The van der Waals surface area contributed by atoms with Gasteiger partial charge in [0.25, 0.3) is 5.91 Å². The minimum Gasteiger partial charge on any atom is -0.326 e. The molecule has 6 nitrogen and oxygen atoms in total. The molecule has 0 bridgehead atoms. The summed E-state index contributed by atoms with van der Waals surface area (Å²) in [6.45, 7) is 3.62. The Morgan fingerprint density at radius 3 is 2.43 bits per heavy atom. The molecule has 0 aliphatic carbocycles. The van der Waals surface area contributed by atoms with E-state index in [1.165, 1.54) is 11.5 Å². The normalized spacial score (nSPS) is 12.7. The molecule has 0 fully saturated rings. The van der Waals surface area contributed by atoms with Crippen LogP contribution in [0.2, 0.25) is 0 Å². The average molecular weight is 333 g/mol. The maximum atomic E-state index is 12.6. The number of hydrogen-bond donors (Lipinski definition) is 4. The summed E-state index contributed by atoms with van der Waals surface area (Å²) in [6.07, 6.45) is -4.27. The van der Waals surface area contributed by atoms with Gasteiger partial charge < -0.3 is 10.6 Å². The van der Waals surface area contributed by atoms with Crippen molar-refractivity contribution in [3.8, 4) is 0 Å². The van der Waals surface area contributed by atoms with Crippen molar-refractivity contribution in [1.29, 1.82) is 0 Å². The molecule has 128 valence electrons. The first-order valence-corrected chi connectivity index (χ1v) is 6.82. The molecule has 4 N–H and O–H groups in total. The van der Waals surface area contributed by atoms with Crippen molar-refractivity contribution < 1.29 is 28.0 Å². The molecule has 1 aromatic carbocycles. The van der Waals surface area contributed by atoms with E-state index in [4.69, 9.17) is 5.21 Å². The highest BCUT2D eigenvalue weighted by atomic mass is 19.4. The third-order valence-electron chi connectivity index (χ3n) is 2.89. The molecule has 0 heterocycles. The quantitative estimate of drug-likeness (QED) is 0.493. The van der Waals surface area contributed by atoms with Gasteiger partial charge in [-0.2, -0.15) is 13.2 Å². The highest BCUT2D eigenvalue weighted by molar-refractivity contribution is 5.93. The number of anilines is 1. The van der Waals surface area contributed by atoms with E-state index in [0.717, 1.165) is 18.2 Å². The molecule has 0 saturated heterocycles. The summed E-state index contributed by atoms with van der Waals surface area (Å²) in [5, 5.41) is 13.2. The Labute approximate surface area is 131 Å². The molecular weight excluding hydrogens is 315 g/mol. The predicted octanol–water partition coefficient (Wildman–Crippen LogP) is 2.75. The minimum atomic E-state index is -4.52. The van der Waals surface area contributed by atoms with Crippen molar-refractivity contribution in [1.82, 2.24) is 10.8 Å². The van der Waals surface area contributed by atoms with Crippen LogP contribution in [0.5, 0.6) is 0 Å². The Balaban J connectivity index is 2.76. The molecule has 0 saturated carbocycles. The average Bonchev–Trinajstić information content (AvgIpc) is 2.44. The van der Waals surface area contributed by atoms with Crippen LogP contribution in [-0.2, 0) is 11.0 Å². The van der Waals surface area contributed by atoms with Gasteiger partial charge in [-0.1, -0.05) is 19.9 Å². The SMILES string of the molecule is CC(C)C[C@H](NC(=O)Nc1cccc(C(F)(F)F)c1)C(=O)NO. The van der Waals surface area contributed by atoms with Gasteiger partial charge in [0.1, 0.15) is 6.04 Å². The first kappa shape index (κ1) is 18.8. The number of carbonyl (C=O) groups is 2. The lowest BCUT2D eigenvalue weighted by molar-refractivity contribution is -0.137. The van der Waals surface area contributed by atoms with Gasteiger partial charge in [0, 0.05) is 5.69 Å². The van der Waals surface area contributed by atoms with Crippen LogP contribution in [0.25, 0.3) is 0 Å². The highest BCUT2D eigenvalue weighted by Crippen LogP contribution is 2.30. The molecule has 0 aliphatic rings. The van der Waals surface area contributed by atoms with Gasteiger partial charge in [0.2, 0.25) is 0 Å². The predicted molar refractivity (Wildman–Crippen MR) is 76.8 cm³/mol. The molecule has 0 aromatic heterocycles. The summed E-state index contributed by atoms with van der Waals surface area (Å²) >= 11 is 0. The van der Waals surface area contributed by atoms with Crippen molar-refractivity contribution in [3.63, 3.8) is 0 Å². The smallest absolute Gasteiger partial charge is 0.326 e. The second-order valence-electron chi connectivity index (χ2n) is 5.34. The zero-order chi connectivity index (χ0) is 17.6. The van der Waals surface area contributed by atoms with Gasteiger partial charge in [-0.25, -0.2) is 10.3 Å². The molecule has 9 heteroatoms. The van der Waals surface area contributed by atoms with E-state index in [0.29, 0.717) is 0 Å². The summed E-state index contributed by atoms with van der Waals surface area (Å²) < 4.78 is 37.8. The van der Waals surface area contributed by atoms with Gasteiger partial charge in [-0.15, -0.1) is 0 Å². The number of amides is 3. The maximum absolute atomic E-state index is 12.6. The number of rotatable bonds is 5. The first-order valence-electron chi connectivity index (χ1n) is 6.82. The van der Waals surface area contributed by atoms with E-state index >= 15 is 0 Å². The number of hydroxylamine groups is 1. The largest absolute Gasteiger partial charge is 0.416 e. The van der Waals surface area contributed by atoms with Crippen molar-refractivity contribution in [2.24, 2.45) is 5.92 Å². The molecule has 1 atom stereocenters. The second-order valence-corrected chi connectivity index (χ2v) is 5.34. The van der Waals surface area contributed by atoms with Crippen LogP contribution >= 0.6 is 0 Å². The number of nitrogens with one attached hydrogen (secondary N) is 3. The van der Waals surface area contributed by atoms with Crippen LogP contribution in [-0.4, -0.2) is 23.2 Å². The molecule has 0 spiro atoms. The first-order chi connectivity index (χ1) is 10.6. The number of halogens is 3. The van der Waals surface area contributed by atoms with Crippen LogP contribution in [0.4, 0.5) is 23.7 Å². The lowest BCUT2D eigenvalue weighted by atomic mass is 10.0. The van der Waals surface area contributed by atoms with E-state index < -0.39 is 29.7 Å². The Morgan fingerprint density at radius 1 is 1.26 bits per heavy atom. The molecule has 0 radical (unpaired) electrons. The van der Waals surface area contributed by atoms with Gasteiger partial charge in [-0.05, 0) is 30.5 Å². The van der Waals surface area contributed by atoms with Gasteiger partial charge in [-0.3, -0.25) is 10.0 Å². The lowest BCUT2D eigenvalue weighted by Gasteiger charge is -2.19. The fourth-order valence-electron chi connectivity index (χ4n) is 1.88. The number of alkyl halides is 3. The zero-order valence-corrected chi connectivity index (χ0v) is 12.6. The Kier molecular flexibility index (Phi) is 6.38. The van der Waals surface area contributed by atoms with Gasteiger partial charge in [0.15, 0.2) is 0 Å². The summed E-state index contributed by atoms with van der Waals surface area (Å²) in [6, 6.07) is 2.25. The number of hydrogen-bond acceptors (Lipinski definition) is 3. The molecule has 0 unspecified atom stereocenters. The molecule has 0 aliphatic heterocycles. The minimum absolute atomic E-state index is 0.0474.